The molecule has 2 amide bonds. The minimum absolute atomic E-state index is 0.0598. The molecule has 0 aliphatic carbocycles. The van der Waals surface area contributed by atoms with Crippen LogP contribution in [-0.2, 0) is 29.4 Å². The summed E-state index contributed by atoms with van der Waals surface area (Å²) in [7, 11) is 0. The second-order valence-electron chi connectivity index (χ2n) is 15.4. The monoisotopic (exact) mass is 810 g/mol. The molecule has 4 N–H and O–H groups in total. The predicted molar refractivity (Wildman–Crippen MR) is 219 cm³/mol. The number of alkyl halides is 1. The van der Waals surface area contributed by atoms with Gasteiger partial charge in [-0.25, -0.2) is 34.3 Å². The highest BCUT2D eigenvalue weighted by atomic mass is 19.1. The Hall–Kier alpha value is -7.05. The predicted octanol–water partition coefficient (Wildman–Crippen LogP) is 4.59. The zero-order valence-electron chi connectivity index (χ0n) is 32.9. The van der Waals surface area contributed by atoms with Gasteiger partial charge in [-0.2, -0.15) is 10.5 Å². The Morgan fingerprint density at radius 2 is 1.47 bits per heavy atom. The van der Waals surface area contributed by atoms with Crippen LogP contribution in [0.5, 0.6) is 0 Å². The van der Waals surface area contributed by atoms with E-state index < -0.39 is 6.67 Å². The number of hydrogen-bond donors (Lipinski definition) is 4. The van der Waals surface area contributed by atoms with E-state index in [1.54, 1.807) is 46.7 Å². The van der Waals surface area contributed by atoms with Crippen LogP contribution in [0.15, 0.2) is 61.4 Å². The normalized spacial score (nSPS) is 19.2. The number of piperidine rings is 2. The van der Waals surface area contributed by atoms with Crippen LogP contribution in [0.1, 0.15) is 44.3 Å². The Labute approximate surface area is 344 Å². The average Bonchev–Trinajstić information content (AvgIpc) is 3.92. The van der Waals surface area contributed by atoms with E-state index in [0.29, 0.717) is 73.0 Å². The van der Waals surface area contributed by atoms with E-state index in [-0.39, 0.29) is 66.8 Å². The number of nitrogens with zero attached hydrogens (tertiary/aromatic N) is 11. The molecule has 6 aromatic heterocycles. The number of fused-ring (bicyclic) bond motifs is 2. The lowest BCUT2D eigenvalue weighted by Gasteiger charge is -2.39. The molecule has 18 heteroatoms. The molecule has 0 spiro atoms. The molecule has 4 atom stereocenters. The standard InChI is InChI=1S/C42H43FN14O3/c1-25-14-27(22-56(19-25)37(59)2-8-44)51-40-30-7-13-55(42(30)50-18-32(40)34-6-12-47-36(24-58)54-34)20-26-15-28(23-57(21-26)38(60)3-9-45)52-39-29-4-10-48-41(29)49-17-31(39)33-5-11-46-35(16-43)53-33/h4-7,10-13,17-18,25-28,58H,2-3,14-16,19-24H2,1H3,(H,50,51)(H2,48,49,52)/t25-,26+,27+,28+/m0/s1. The first-order valence-electron chi connectivity index (χ1n) is 19.8. The molecular formula is C42H43FN14O3. The van der Waals surface area contributed by atoms with Crippen LogP contribution < -0.4 is 10.6 Å². The largest absolute Gasteiger partial charge is 0.388 e. The Kier molecular flexibility index (Phi) is 11.6. The van der Waals surface area contributed by atoms with Crippen molar-refractivity contribution < 1.29 is 19.1 Å². The fourth-order valence-corrected chi connectivity index (χ4v) is 8.58. The van der Waals surface area contributed by atoms with Gasteiger partial charge in [-0.1, -0.05) is 6.92 Å². The molecule has 0 unspecified atom stereocenters. The molecule has 0 radical (unpaired) electrons. The Bertz CT molecular complexity index is 2630. The Morgan fingerprint density at radius 1 is 0.833 bits per heavy atom. The van der Waals surface area contributed by atoms with Crippen molar-refractivity contribution in [3.8, 4) is 34.7 Å². The van der Waals surface area contributed by atoms with Gasteiger partial charge in [0.15, 0.2) is 11.6 Å². The molecule has 17 nitrogen and oxygen atoms in total. The van der Waals surface area contributed by atoms with Gasteiger partial charge in [0.1, 0.15) is 37.4 Å². The number of hydrogen-bond acceptors (Lipinski definition) is 13. The summed E-state index contributed by atoms with van der Waals surface area (Å²) in [4.78, 5) is 59.6. The summed E-state index contributed by atoms with van der Waals surface area (Å²) < 4.78 is 15.7. The molecule has 2 fully saturated rings. The first kappa shape index (κ1) is 39.8. The lowest BCUT2D eigenvalue weighted by molar-refractivity contribution is -0.132. The van der Waals surface area contributed by atoms with Crippen molar-refractivity contribution in [3.63, 3.8) is 0 Å². The number of aliphatic hydroxyl groups is 1. The number of nitriles is 2. The van der Waals surface area contributed by atoms with Crippen molar-refractivity contribution in [1.29, 1.82) is 10.5 Å². The van der Waals surface area contributed by atoms with Gasteiger partial charge in [0, 0.05) is 104 Å². The van der Waals surface area contributed by atoms with Gasteiger partial charge >= 0.3 is 0 Å². The van der Waals surface area contributed by atoms with Crippen molar-refractivity contribution in [2.24, 2.45) is 11.8 Å². The average molecular weight is 811 g/mol. The summed E-state index contributed by atoms with van der Waals surface area (Å²) >= 11 is 0. The van der Waals surface area contributed by atoms with Gasteiger partial charge in [-0.05, 0) is 48.9 Å². The first-order valence-corrected chi connectivity index (χ1v) is 19.8. The smallest absolute Gasteiger partial charge is 0.236 e. The SMILES string of the molecule is C[C@H]1C[C@@H](Nc2c(-c3ccnc(CO)n3)cnc3c2ccn3C[C@H]2C[C@@H](Nc3c(-c4ccnc(CF)n4)cnc4[nH]ccc34)CN(C(=O)CC#N)C2)CN(C(=O)CC#N)C1. The van der Waals surface area contributed by atoms with E-state index in [0.717, 1.165) is 28.6 Å². The number of pyridine rings is 2. The summed E-state index contributed by atoms with van der Waals surface area (Å²) in [5, 5.41) is 37.6. The number of carbonyl (C=O) groups is 2. The maximum atomic E-state index is 13.6. The molecule has 6 aromatic rings. The number of anilines is 2. The topological polar surface area (TPSA) is 231 Å². The minimum atomic E-state index is -0.813. The number of aromatic nitrogens is 8. The lowest BCUT2D eigenvalue weighted by atomic mass is 9.93. The summed E-state index contributed by atoms with van der Waals surface area (Å²) in [5.41, 5.74) is 5.29. The molecule has 2 saturated heterocycles. The van der Waals surface area contributed by atoms with E-state index in [2.05, 4.69) is 52.0 Å². The summed E-state index contributed by atoms with van der Waals surface area (Å²) in [6.07, 6.45) is 11.3. The van der Waals surface area contributed by atoms with Crippen LogP contribution >= 0.6 is 0 Å². The van der Waals surface area contributed by atoms with Crippen LogP contribution in [0.25, 0.3) is 44.6 Å². The molecule has 0 aromatic carbocycles. The summed E-state index contributed by atoms with van der Waals surface area (Å²) in [6, 6.07) is 11.0. The number of halogens is 1. The van der Waals surface area contributed by atoms with Gasteiger partial charge in [-0.15, -0.1) is 0 Å². The molecule has 0 bridgehead atoms. The van der Waals surface area contributed by atoms with E-state index in [4.69, 9.17) is 4.98 Å². The second-order valence-corrected chi connectivity index (χ2v) is 15.4. The van der Waals surface area contributed by atoms with Gasteiger partial charge in [-0.3, -0.25) is 9.59 Å². The van der Waals surface area contributed by atoms with Crippen LogP contribution in [0, 0.1) is 34.5 Å². The third kappa shape index (κ3) is 8.27. The fourth-order valence-electron chi connectivity index (χ4n) is 8.58. The quantitative estimate of drug-likeness (QED) is 0.133. The number of aromatic amines is 1. The highest BCUT2D eigenvalue weighted by molar-refractivity contribution is 5.99. The van der Waals surface area contributed by atoms with Crippen molar-refractivity contribution in [1.82, 2.24) is 49.3 Å². The Morgan fingerprint density at radius 3 is 2.15 bits per heavy atom. The maximum absolute atomic E-state index is 13.6. The number of aliphatic hydroxyl groups excluding tert-OH is 1. The van der Waals surface area contributed by atoms with E-state index in [9.17, 15) is 29.6 Å². The third-order valence-corrected chi connectivity index (χ3v) is 11.1. The van der Waals surface area contributed by atoms with Gasteiger partial charge in [0.25, 0.3) is 0 Å². The molecule has 60 heavy (non-hydrogen) atoms. The zero-order chi connectivity index (χ0) is 41.8. The molecule has 2 aliphatic heterocycles. The van der Waals surface area contributed by atoms with E-state index >= 15 is 0 Å². The number of nitrogens with one attached hydrogen (secondary N) is 3. The number of H-pyrrole nitrogens is 1. The number of carbonyl (C=O) groups excluding carboxylic acids is 2. The molecule has 0 saturated carbocycles. The van der Waals surface area contributed by atoms with Gasteiger partial charge in [0.2, 0.25) is 11.8 Å². The molecule has 306 valence electrons. The third-order valence-electron chi connectivity index (χ3n) is 11.1. The summed E-state index contributed by atoms with van der Waals surface area (Å²) in [6.45, 7) is 3.22. The lowest BCUT2D eigenvalue weighted by Crippen LogP contribution is -2.49. The van der Waals surface area contributed by atoms with Crippen molar-refractivity contribution in [3.05, 3.63) is 73.1 Å². The van der Waals surface area contributed by atoms with Crippen LogP contribution in [0.3, 0.4) is 0 Å². The van der Waals surface area contributed by atoms with Crippen molar-refractivity contribution >= 4 is 45.3 Å². The Balaban J connectivity index is 1.13. The van der Waals surface area contributed by atoms with Crippen molar-refractivity contribution in [2.45, 2.75) is 64.5 Å². The highest BCUT2D eigenvalue weighted by Gasteiger charge is 2.33. The van der Waals surface area contributed by atoms with Gasteiger partial charge in [0.05, 0.1) is 34.9 Å². The van der Waals surface area contributed by atoms with Crippen molar-refractivity contribution in [2.75, 3.05) is 36.8 Å². The molecule has 2 aliphatic rings. The summed E-state index contributed by atoms with van der Waals surface area (Å²) in [5.74, 6) is -0.0140. The number of likely N-dealkylation sites (tertiary alicyclic amines) is 2. The van der Waals surface area contributed by atoms with E-state index in [1.807, 2.05) is 30.5 Å². The van der Waals surface area contributed by atoms with Crippen LogP contribution in [0.4, 0.5) is 15.8 Å². The van der Waals surface area contributed by atoms with Crippen LogP contribution in [-0.4, -0.2) is 104 Å². The second kappa shape index (κ2) is 17.4. The maximum Gasteiger partial charge on any atom is 0.236 e. The number of rotatable bonds is 12. The zero-order valence-corrected chi connectivity index (χ0v) is 32.9. The highest BCUT2D eigenvalue weighted by Crippen LogP contribution is 2.37. The fraction of sp³-hybridized carbons (Fsp3) is 0.381. The minimum Gasteiger partial charge on any atom is -0.388 e. The van der Waals surface area contributed by atoms with Crippen LogP contribution in [0.2, 0.25) is 0 Å². The van der Waals surface area contributed by atoms with Gasteiger partial charge < -0.3 is 35.1 Å². The van der Waals surface area contributed by atoms with E-state index in [1.165, 1.54) is 6.20 Å². The molecule has 8 rings (SSSR count). The molecule has 8 heterocycles. The number of amides is 2. The molecular weight excluding hydrogens is 768 g/mol. The first-order chi connectivity index (χ1) is 29.2.